The molecule has 8 nitrogen and oxygen atoms in total. The maximum atomic E-state index is 12.2. The molecular weight excluding hydrogens is 362 g/mol. The van der Waals surface area contributed by atoms with Gasteiger partial charge in [-0.05, 0) is 37.3 Å². The Hall–Kier alpha value is -3.94. The lowest BCUT2D eigenvalue weighted by molar-refractivity contribution is -0.119. The molecule has 2 amide bonds. The van der Waals surface area contributed by atoms with Crippen LogP contribution in [0.5, 0.6) is 0 Å². The van der Waals surface area contributed by atoms with Crippen molar-refractivity contribution < 1.29 is 23.6 Å². The van der Waals surface area contributed by atoms with E-state index in [1.807, 2.05) is 6.07 Å². The number of benzene rings is 2. The van der Waals surface area contributed by atoms with Gasteiger partial charge < -0.3 is 19.9 Å². The summed E-state index contributed by atoms with van der Waals surface area (Å²) in [4.78, 5) is 36.2. The fourth-order valence-electron chi connectivity index (χ4n) is 2.34. The number of hydrogen-bond acceptors (Lipinski definition) is 6. The van der Waals surface area contributed by atoms with E-state index in [1.165, 1.54) is 12.1 Å². The molecular formula is C20H17N3O5. The molecule has 3 aromatic rings. The summed E-state index contributed by atoms with van der Waals surface area (Å²) in [5.41, 5.74) is 1.14. The molecule has 0 aliphatic carbocycles. The number of aryl methyl sites for hydroxylation is 1. The Morgan fingerprint density at radius 1 is 0.964 bits per heavy atom. The summed E-state index contributed by atoms with van der Waals surface area (Å²) in [6.45, 7) is 1.21. The smallest absolute Gasteiger partial charge is 0.338 e. The van der Waals surface area contributed by atoms with Crippen molar-refractivity contribution in [3.8, 4) is 0 Å². The van der Waals surface area contributed by atoms with Gasteiger partial charge in [0.2, 0.25) is 0 Å². The first-order valence-electron chi connectivity index (χ1n) is 8.38. The quantitative estimate of drug-likeness (QED) is 0.637. The second kappa shape index (κ2) is 8.63. The van der Waals surface area contributed by atoms with Gasteiger partial charge in [0.1, 0.15) is 5.76 Å². The Bertz CT molecular complexity index is 998. The molecule has 0 spiro atoms. The molecule has 2 aromatic carbocycles. The number of anilines is 2. The molecule has 0 aliphatic heterocycles. The zero-order chi connectivity index (χ0) is 19.9. The molecule has 0 saturated heterocycles. The van der Waals surface area contributed by atoms with E-state index in [1.54, 1.807) is 49.4 Å². The summed E-state index contributed by atoms with van der Waals surface area (Å²) in [7, 11) is 0. The second-order valence-corrected chi connectivity index (χ2v) is 5.85. The van der Waals surface area contributed by atoms with Crippen LogP contribution in [0.2, 0.25) is 0 Å². The molecule has 2 N–H and O–H groups in total. The molecule has 8 heteroatoms. The lowest BCUT2D eigenvalue weighted by Crippen LogP contribution is -2.21. The van der Waals surface area contributed by atoms with Gasteiger partial charge in [-0.2, -0.15) is 0 Å². The number of hydrogen-bond donors (Lipinski definition) is 2. The maximum absolute atomic E-state index is 12.2. The zero-order valence-electron chi connectivity index (χ0n) is 15.0. The van der Waals surface area contributed by atoms with E-state index in [-0.39, 0.29) is 17.3 Å². The minimum absolute atomic E-state index is 0.205. The standard InChI is InChI=1S/C20H17N3O5/c1-13-10-17(23-28-13)22-18(24)12-27-20(26)15-8-5-9-16(11-15)21-19(25)14-6-3-2-4-7-14/h2-11H,12H2,1H3,(H,21,25)(H,22,23,24). The van der Waals surface area contributed by atoms with Crippen LogP contribution in [0.3, 0.4) is 0 Å². The molecule has 0 radical (unpaired) electrons. The van der Waals surface area contributed by atoms with Crippen molar-refractivity contribution in [3.63, 3.8) is 0 Å². The summed E-state index contributed by atoms with van der Waals surface area (Å²) >= 11 is 0. The lowest BCUT2D eigenvalue weighted by Gasteiger charge is -2.08. The van der Waals surface area contributed by atoms with Crippen LogP contribution in [0.1, 0.15) is 26.5 Å². The van der Waals surface area contributed by atoms with Crippen LogP contribution >= 0.6 is 0 Å². The van der Waals surface area contributed by atoms with Gasteiger partial charge in [-0.25, -0.2) is 4.79 Å². The Balaban J connectivity index is 1.56. The summed E-state index contributed by atoms with van der Waals surface area (Å²) in [6, 6.07) is 16.5. The van der Waals surface area contributed by atoms with Gasteiger partial charge in [0.15, 0.2) is 12.4 Å². The average Bonchev–Trinajstić information content (AvgIpc) is 3.11. The highest BCUT2D eigenvalue weighted by Gasteiger charge is 2.13. The van der Waals surface area contributed by atoms with Crippen LogP contribution in [0, 0.1) is 6.92 Å². The topological polar surface area (TPSA) is 111 Å². The Labute approximate surface area is 160 Å². The van der Waals surface area contributed by atoms with Crippen molar-refractivity contribution >= 4 is 29.3 Å². The second-order valence-electron chi connectivity index (χ2n) is 5.85. The van der Waals surface area contributed by atoms with Crippen LogP contribution in [-0.4, -0.2) is 29.5 Å². The molecule has 28 heavy (non-hydrogen) atoms. The van der Waals surface area contributed by atoms with Gasteiger partial charge in [0.05, 0.1) is 5.56 Å². The van der Waals surface area contributed by atoms with E-state index in [0.717, 1.165) is 0 Å². The zero-order valence-corrected chi connectivity index (χ0v) is 15.0. The number of aromatic nitrogens is 1. The SMILES string of the molecule is Cc1cc(NC(=O)COC(=O)c2cccc(NC(=O)c3ccccc3)c2)no1. The van der Waals surface area contributed by atoms with Crippen LogP contribution in [0.4, 0.5) is 11.5 Å². The predicted molar refractivity (Wildman–Crippen MR) is 101 cm³/mol. The fraction of sp³-hybridized carbons (Fsp3) is 0.100. The van der Waals surface area contributed by atoms with E-state index in [9.17, 15) is 14.4 Å². The molecule has 0 atom stereocenters. The van der Waals surface area contributed by atoms with Crippen molar-refractivity contribution in [3.05, 3.63) is 77.6 Å². The van der Waals surface area contributed by atoms with Gasteiger partial charge in [-0.3, -0.25) is 9.59 Å². The van der Waals surface area contributed by atoms with Gasteiger partial charge in [0.25, 0.3) is 11.8 Å². The number of esters is 1. The van der Waals surface area contributed by atoms with Gasteiger partial charge in [0, 0.05) is 17.3 Å². The molecule has 0 aliphatic rings. The van der Waals surface area contributed by atoms with Crippen LogP contribution in [0.15, 0.2) is 65.2 Å². The summed E-state index contributed by atoms with van der Waals surface area (Å²) < 4.78 is 9.82. The van der Waals surface area contributed by atoms with Crippen LogP contribution in [-0.2, 0) is 9.53 Å². The molecule has 142 valence electrons. The van der Waals surface area contributed by atoms with Crippen molar-refractivity contribution in [2.24, 2.45) is 0 Å². The predicted octanol–water partition coefficient (Wildman–Crippen LogP) is 3.03. The lowest BCUT2D eigenvalue weighted by atomic mass is 10.1. The number of ether oxygens (including phenoxy) is 1. The highest BCUT2D eigenvalue weighted by Crippen LogP contribution is 2.14. The summed E-state index contributed by atoms with van der Waals surface area (Å²) in [6.07, 6.45) is 0. The highest BCUT2D eigenvalue weighted by atomic mass is 16.5. The van der Waals surface area contributed by atoms with E-state index in [4.69, 9.17) is 9.26 Å². The fourth-order valence-corrected chi connectivity index (χ4v) is 2.34. The number of amides is 2. The normalized spacial score (nSPS) is 10.2. The van der Waals surface area contributed by atoms with Crippen molar-refractivity contribution in [1.82, 2.24) is 5.16 Å². The van der Waals surface area contributed by atoms with Crippen molar-refractivity contribution in [2.75, 3.05) is 17.2 Å². The Morgan fingerprint density at radius 2 is 1.71 bits per heavy atom. The molecule has 0 fully saturated rings. The minimum atomic E-state index is -0.692. The minimum Gasteiger partial charge on any atom is -0.452 e. The number of nitrogens with one attached hydrogen (secondary N) is 2. The number of rotatable bonds is 6. The molecule has 0 unspecified atom stereocenters. The highest BCUT2D eigenvalue weighted by molar-refractivity contribution is 6.05. The first kappa shape index (κ1) is 18.8. The maximum Gasteiger partial charge on any atom is 0.338 e. The first-order valence-corrected chi connectivity index (χ1v) is 8.38. The van der Waals surface area contributed by atoms with E-state index in [2.05, 4.69) is 15.8 Å². The molecule has 3 rings (SSSR count). The Kier molecular flexibility index (Phi) is 5.81. The number of carbonyl (C=O) groups excluding carboxylic acids is 3. The third-order valence-corrected chi connectivity index (χ3v) is 3.62. The molecule has 1 heterocycles. The van der Waals surface area contributed by atoms with Crippen LogP contribution < -0.4 is 10.6 Å². The number of nitrogens with zero attached hydrogens (tertiary/aromatic N) is 1. The van der Waals surface area contributed by atoms with Crippen molar-refractivity contribution in [1.29, 1.82) is 0 Å². The van der Waals surface area contributed by atoms with E-state index in [0.29, 0.717) is 17.0 Å². The number of carbonyl (C=O) groups is 3. The van der Waals surface area contributed by atoms with E-state index < -0.39 is 18.5 Å². The third-order valence-electron chi connectivity index (χ3n) is 3.62. The monoisotopic (exact) mass is 379 g/mol. The van der Waals surface area contributed by atoms with Gasteiger partial charge in [-0.1, -0.05) is 29.4 Å². The molecule has 0 saturated carbocycles. The summed E-state index contributed by atoms with van der Waals surface area (Å²) in [5, 5.41) is 8.77. The average molecular weight is 379 g/mol. The Morgan fingerprint density at radius 3 is 2.43 bits per heavy atom. The van der Waals surface area contributed by atoms with Gasteiger partial charge >= 0.3 is 5.97 Å². The first-order chi connectivity index (χ1) is 13.5. The van der Waals surface area contributed by atoms with Crippen molar-refractivity contribution in [2.45, 2.75) is 6.92 Å². The molecule has 1 aromatic heterocycles. The third kappa shape index (κ3) is 5.04. The van der Waals surface area contributed by atoms with E-state index >= 15 is 0 Å². The molecule has 0 bridgehead atoms. The van der Waals surface area contributed by atoms with Crippen LogP contribution in [0.25, 0.3) is 0 Å². The summed E-state index contributed by atoms with van der Waals surface area (Å²) in [5.74, 6) is -0.753. The largest absolute Gasteiger partial charge is 0.452 e. The van der Waals surface area contributed by atoms with Gasteiger partial charge in [-0.15, -0.1) is 0 Å².